The van der Waals surface area contributed by atoms with Crippen LogP contribution in [0.25, 0.3) is 11.1 Å². The molecule has 0 bridgehead atoms. The number of nitrogens with two attached hydrogens (primary N) is 1. The van der Waals surface area contributed by atoms with Gasteiger partial charge in [-0.1, -0.05) is 30.3 Å². The molecule has 11 heteroatoms. The average molecular weight is 465 g/mol. The van der Waals surface area contributed by atoms with Crippen molar-refractivity contribution in [3.8, 4) is 11.1 Å². The van der Waals surface area contributed by atoms with Gasteiger partial charge in [-0.2, -0.15) is 17.6 Å². The molecular formula is C22H19F4N3O4. The Hall–Kier alpha value is -3.47. The predicted molar refractivity (Wildman–Crippen MR) is 107 cm³/mol. The third kappa shape index (κ3) is 4.15. The van der Waals surface area contributed by atoms with Crippen molar-refractivity contribution in [2.45, 2.75) is 31.1 Å². The molecule has 2 aromatic carbocycles. The molecule has 33 heavy (non-hydrogen) atoms. The molecule has 1 aliphatic carbocycles. The number of benzene rings is 2. The lowest BCUT2D eigenvalue weighted by atomic mass is 10.0. The van der Waals surface area contributed by atoms with Gasteiger partial charge in [0.2, 0.25) is 11.8 Å². The van der Waals surface area contributed by atoms with E-state index in [4.69, 9.17) is 5.73 Å². The highest BCUT2D eigenvalue weighted by molar-refractivity contribution is 5.99. The van der Waals surface area contributed by atoms with Crippen LogP contribution in [0, 0.1) is 0 Å². The van der Waals surface area contributed by atoms with Crippen LogP contribution < -0.4 is 11.1 Å². The first kappa shape index (κ1) is 22.7. The minimum Gasteiger partial charge on any atom is -0.368 e. The molecule has 0 aromatic heterocycles. The highest BCUT2D eigenvalue weighted by atomic mass is 19.3. The SMILES string of the molecule is NC(=O)C1CC(OC(F)F)CN1C(=O)CNC(=O)c1ccc2c(c1)-c1ccccc1C2(F)F. The Balaban J connectivity index is 1.46. The predicted octanol–water partition coefficient (Wildman–Crippen LogP) is 2.23. The molecule has 174 valence electrons. The lowest BCUT2D eigenvalue weighted by molar-refractivity contribution is -0.160. The van der Waals surface area contributed by atoms with Crippen molar-refractivity contribution in [3.63, 3.8) is 0 Å². The topological polar surface area (TPSA) is 102 Å². The number of nitrogens with one attached hydrogen (secondary N) is 1. The second kappa shape index (κ2) is 8.47. The van der Waals surface area contributed by atoms with E-state index in [0.717, 1.165) is 4.90 Å². The van der Waals surface area contributed by atoms with Gasteiger partial charge in [-0.05, 0) is 23.3 Å². The summed E-state index contributed by atoms with van der Waals surface area (Å²) in [6, 6.07) is 8.56. The Kier molecular flexibility index (Phi) is 5.83. The number of fused-ring (bicyclic) bond motifs is 3. The largest absolute Gasteiger partial charge is 0.368 e. The molecule has 0 spiro atoms. The number of amides is 3. The third-order valence-electron chi connectivity index (χ3n) is 5.78. The Bertz CT molecular complexity index is 1120. The first-order valence-corrected chi connectivity index (χ1v) is 10.0. The zero-order valence-corrected chi connectivity index (χ0v) is 17.1. The fraction of sp³-hybridized carbons (Fsp3) is 0.318. The fourth-order valence-electron chi connectivity index (χ4n) is 4.27. The molecule has 3 N–H and O–H groups in total. The van der Waals surface area contributed by atoms with Crippen LogP contribution in [0.5, 0.6) is 0 Å². The molecule has 7 nitrogen and oxygen atoms in total. The molecular weight excluding hydrogens is 446 g/mol. The van der Waals surface area contributed by atoms with Crippen LogP contribution in [0.3, 0.4) is 0 Å². The van der Waals surface area contributed by atoms with Crippen molar-refractivity contribution in [1.29, 1.82) is 0 Å². The first-order chi connectivity index (χ1) is 15.6. The number of hydrogen-bond acceptors (Lipinski definition) is 4. The zero-order valence-electron chi connectivity index (χ0n) is 17.1. The maximum Gasteiger partial charge on any atom is 0.345 e. The quantitative estimate of drug-likeness (QED) is 0.639. The molecule has 3 amide bonds. The van der Waals surface area contributed by atoms with E-state index in [-0.39, 0.29) is 35.2 Å². The van der Waals surface area contributed by atoms with E-state index < -0.39 is 48.9 Å². The molecule has 2 aliphatic rings. The van der Waals surface area contributed by atoms with E-state index in [2.05, 4.69) is 10.1 Å². The van der Waals surface area contributed by atoms with E-state index >= 15 is 0 Å². The number of halogens is 4. The maximum atomic E-state index is 14.7. The van der Waals surface area contributed by atoms with Crippen LogP contribution in [-0.4, -0.2) is 54.5 Å². The Morgan fingerprint density at radius 1 is 1.12 bits per heavy atom. The monoisotopic (exact) mass is 465 g/mol. The second-order valence-electron chi connectivity index (χ2n) is 7.78. The summed E-state index contributed by atoms with van der Waals surface area (Å²) in [7, 11) is 0. The first-order valence-electron chi connectivity index (χ1n) is 10.0. The lowest BCUT2D eigenvalue weighted by Crippen LogP contribution is -2.47. The van der Waals surface area contributed by atoms with Gasteiger partial charge in [-0.25, -0.2) is 0 Å². The van der Waals surface area contributed by atoms with Gasteiger partial charge in [0.1, 0.15) is 6.04 Å². The molecule has 2 aromatic rings. The minimum atomic E-state index is -3.19. The summed E-state index contributed by atoms with van der Waals surface area (Å²) in [5, 5.41) is 2.37. The van der Waals surface area contributed by atoms with Crippen LogP contribution in [-0.2, 0) is 20.2 Å². The normalized spacial score (nSPS) is 20.5. The molecule has 1 aliphatic heterocycles. The number of primary amides is 1. The molecule has 2 unspecified atom stereocenters. The van der Waals surface area contributed by atoms with Gasteiger partial charge < -0.3 is 20.7 Å². The summed E-state index contributed by atoms with van der Waals surface area (Å²) < 4.78 is 58.6. The maximum absolute atomic E-state index is 14.7. The van der Waals surface area contributed by atoms with Crippen molar-refractivity contribution >= 4 is 17.7 Å². The van der Waals surface area contributed by atoms with E-state index in [1.54, 1.807) is 6.07 Å². The number of alkyl halides is 4. The van der Waals surface area contributed by atoms with Crippen molar-refractivity contribution in [1.82, 2.24) is 10.2 Å². The average Bonchev–Trinajstić information content (AvgIpc) is 3.29. The Labute approximate surface area is 185 Å². The molecule has 1 fully saturated rings. The summed E-state index contributed by atoms with van der Waals surface area (Å²) in [4.78, 5) is 37.7. The van der Waals surface area contributed by atoms with E-state index in [1.807, 2.05) is 0 Å². The number of carbonyl (C=O) groups excluding carboxylic acids is 3. The molecule has 2 atom stereocenters. The van der Waals surface area contributed by atoms with E-state index in [9.17, 15) is 31.9 Å². The highest BCUT2D eigenvalue weighted by Gasteiger charge is 2.44. The van der Waals surface area contributed by atoms with Crippen LogP contribution in [0.15, 0.2) is 42.5 Å². The van der Waals surface area contributed by atoms with E-state index in [0.29, 0.717) is 5.56 Å². The summed E-state index contributed by atoms with van der Waals surface area (Å²) in [5.41, 5.74) is 5.47. The Morgan fingerprint density at radius 3 is 2.52 bits per heavy atom. The van der Waals surface area contributed by atoms with Crippen LogP contribution in [0.2, 0.25) is 0 Å². The standard InChI is InChI=1S/C22H19F4N3O4/c23-21(24)33-12-8-17(19(27)31)29(10-12)18(30)9-28-20(32)11-5-6-16-14(7-11)13-3-1-2-4-15(13)22(16,25)26/h1-7,12,17,21H,8-10H2,(H2,27,31)(H,28,32). The van der Waals surface area contributed by atoms with Crippen LogP contribution in [0.1, 0.15) is 27.9 Å². The van der Waals surface area contributed by atoms with Gasteiger partial charge >= 0.3 is 6.61 Å². The number of carbonyl (C=O) groups is 3. The number of likely N-dealkylation sites (tertiary alicyclic amines) is 1. The zero-order chi connectivity index (χ0) is 23.9. The number of rotatable bonds is 6. The molecule has 1 saturated heterocycles. The smallest absolute Gasteiger partial charge is 0.345 e. The van der Waals surface area contributed by atoms with Crippen molar-refractivity contribution in [2.75, 3.05) is 13.1 Å². The van der Waals surface area contributed by atoms with Gasteiger partial charge in [0.25, 0.3) is 11.8 Å². The van der Waals surface area contributed by atoms with Gasteiger partial charge in [0.05, 0.1) is 12.6 Å². The number of hydrogen-bond donors (Lipinski definition) is 2. The molecule has 0 saturated carbocycles. The molecule has 1 heterocycles. The summed E-state index contributed by atoms with van der Waals surface area (Å²) in [6.07, 6.45) is -1.25. The van der Waals surface area contributed by atoms with Crippen molar-refractivity contribution in [3.05, 3.63) is 59.2 Å². The van der Waals surface area contributed by atoms with Gasteiger partial charge in [-0.15, -0.1) is 0 Å². The van der Waals surface area contributed by atoms with Gasteiger partial charge in [-0.3, -0.25) is 14.4 Å². The third-order valence-corrected chi connectivity index (χ3v) is 5.78. The van der Waals surface area contributed by atoms with Crippen LogP contribution >= 0.6 is 0 Å². The summed E-state index contributed by atoms with van der Waals surface area (Å²) in [6.45, 7) is -3.90. The summed E-state index contributed by atoms with van der Waals surface area (Å²) >= 11 is 0. The minimum absolute atomic E-state index is 0.0563. The van der Waals surface area contributed by atoms with Crippen molar-refractivity contribution in [2.24, 2.45) is 5.73 Å². The number of ether oxygens (including phenoxy) is 1. The molecule has 4 rings (SSSR count). The van der Waals surface area contributed by atoms with Crippen LogP contribution in [0.4, 0.5) is 17.6 Å². The molecule has 0 radical (unpaired) electrons. The second-order valence-corrected chi connectivity index (χ2v) is 7.78. The fourth-order valence-corrected chi connectivity index (χ4v) is 4.27. The van der Waals surface area contributed by atoms with Gasteiger partial charge in [0.15, 0.2) is 0 Å². The van der Waals surface area contributed by atoms with Gasteiger partial charge in [0, 0.05) is 29.7 Å². The summed E-state index contributed by atoms with van der Waals surface area (Å²) in [5.74, 6) is -5.49. The number of nitrogens with zero attached hydrogens (tertiary/aromatic N) is 1. The lowest BCUT2D eigenvalue weighted by Gasteiger charge is -2.22. The van der Waals surface area contributed by atoms with Crippen molar-refractivity contribution < 1.29 is 36.7 Å². The Morgan fingerprint density at radius 2 is 1.82 bits per heavy atom. The highest BCUT2D eigenvalue weighted by Crippen LogP contribution is 2.50. The van der Waals surface area contributed by atoms with E-state index in [1.165, 1.54) is 36.4 Å².